The summed E-state index contributed by atoms with van der Waals surface area (Å²) in [4.78, 5) is 26.2. The summed E-state index contributed by atoms with van der Waals surface area (Å²) in [5.41, 5.74) is 0.940. The molecule has 108 valence electrons. The molecule has 0 atom stereocenters. The lowest BCUT2D eigenvalue weighted by atomic mass is 10.1. The summed E-state index contributed by atoms with van der Waals surface area (Å²) < 4.78 is 13.0. The van der Waals surface area contributed by atoms with Crippen molar-refractivity contribution < 1.29 is 19.1 Å². The van der Waals surface area contributed by atoms with Gasteiger partial charge in [-0.3, -0.25) is 9.78 Å². The van der Waals surface area contributed by atoms with Gasteiger partial charge in [0.25, 0.3) is 5.91 Å². The summed E-state index contributed by atoms with van der Waals surface area (Å²) in [6, 6.07) is 8.81. The second-order valence-electron chi connectivity index (χ2n) is 4.37. The third-order valence-electron chi connectivity index (χ3n) is 2.83. The molecule has 0 saturated heterocycles. The highest BCUT2D eigenvalue weighted by Crippen LogP contribution is 2.04. The van der Waals surface area contributed by atoms with Crippen LogP contribution in [0.3, 0.4) is 0 Å². The Balaban J connectivity index is 1.88. The summed E-state index contributed by atoms with van der Waals surface area (Å²) >= 11 is 0. The first-order chi connectivity index (χ1) is 10.1. The van der Waals surface area contributed by atoms with Crippen LogP contribution in [0, 0.1) is 5.82 Å². The van der Waals surface area contributed by atoms with E-state index >= 15 is 0 Å². The molecule has 21 heavy (non-hydrogen) atoms. The molecule has 1 amide bonds. The Hall–Kier alpha value is -2.76. The maximum atomic E-state index is 13.0. The van der Waals surface area contributed by atoms with Gasteiger partial charge in [0.2, 0.25) is 0 Å². The van der Waals surface area contributed by atoms with Crippen molar-refractivity contribution >= 4 is 11.9 Å². The number of carboxylic acid groups (broad SMARTS) is 1. The van der Waals surface area contributed by atoms with Gasteiger partial charge in [0.1, 0.15) is 11.5 Å². The molecule has 1 aromatic carbocycles. The fraction of sp³-hybridized carbons (Fsp3) is 0.133. The number of aromatic nitrogens is 1. The average Bonchev–Trinajstić information content (AvgIpc) is 2.47. The quantitative estimate of drug-likeness (QED) is 0.880. The smallest absolute Gasteiger partial charge is 0.337 e. The van der Waals surface area contributed by atoms with Crippen LogP contribution in [0.5, 0.6) is 0 Å². The molecule has 0 aliphatic carbocycles. The van der Waals surface area contributed by atoms with E-state index in [1.807, 2.05) is 0 Å². The zero-order chi connectivity index (χ0) is 15.2. The minimum atomic E-state index is -1.10. The van der Waals surface area contributed by atoms with Crippen LogP contribution in [0.2, 0.25) is 0 Å². The summed E-state index contributed by atoms with van der Waals surface area (Å²) in [5, 5.41) is 11.4. The Morgan fingerprint density at radius 2 is 2.05 bits per heavy atom. The molecule has 1 aromatic heterocycles. The largest absolute Gasteiger partial charge is 0.478 e. The molecule has 0 radical (unpaired) electrons. The lowest BCUT2D eigenvalue weighted by Gasteiger charge is -2.05. The lowest BCUT2D eigenvalue weighted by molar-refractivity contribution is 0.0695. The molecular formula is C15H13FN2O3. The molecule has 5 nitrogen and oxygen atoms in total. The van der Waals surface area contributed by atoms with E-state index in [1.54, 1.807) is 12.1 Å². The number of benzene rings is 1. The van der Waals surface area contributed by atoms with Crippen LogP contribution < -0.4 is 5.32 Å². The molecule has 2 rings (SSSR count). The maximum absolute atomic E-state index is 13.0. The predicted octanol–water partition coefficient (Wildman–Crippen LogP) is 1.89. The van der Waals surface area contributed by atoms with Crippen molar-refractivity contribution in [1.29, 1.82) is 0 Å². The number of nitrogens with one attached hydrogen (secondary N) is 1. The summed E-state index contributed by atoms with van der Waals surface area (Å²) in [7, 11) is 0. The van der Waals surface area contributed by atoms with Gasteiger partial charge in [-0.05, 0) is 36.2 Å². The van der Waals surface area contributed by atoms with Gasteiger partial charge in [-0.25, -0.2) is 9.18 Å². The summed E-state index contributed by atoms with van der Waals surface area (Å²) in [5.74, 6) is -1.81. The number of halogens is 1. The monoisotopic (exact) mass is 288 g/mol. The second-order valence-corrected chi connectivity index (χ2v) is 4.37. The molecule has 6 heteroatoms. The fourth-order valence-electron chi connectivity index (χ4n) is 1.76. The molecular weight excluding hydrogens is 275 g/mol. The minimum Gasteiger partial charge on any atom is -0.478 e. The maximum Gasteiger partial charge on any atom is 0.337 e. The zero-order valence-electron chi connectivity index (χ0n) is 11.0. The number of hydrogen-bond donors (Lipinski definition) is 2. The van der Waals surface area contributed by atoms with E-state index in [2.05, 4.69) is 10.3 Å². The van der Waals surface area contributed by atoms with E-state index in [4.69, 9.17) is 5.11 Å². The average molecular weight is 288 g/mol. The van der Waals surface area contributed by atoms with Gasteiger partial charge in [-0.15, -0.1) is 0 Å². The van der Waals surface area contributed by atoms with Crippen LogP contribution in [0.25, 0.3) is 0 Å². The Morgan fingerprint density at radius 3 is 2.67 bits per heavy atom. The first kappa shape index (κ1) is 14.6. The Labute approximate surface area is 120 Å². The third kappa shape index (κ3) is 4.10. The van der Waals surface area contributed by atoms with Crippen molar-refractivity contribution in [2.24, 2.45) is 0 Å². The number of hydrogen-bond acceptors (Lipinski definition) is 3. The molecule has 0 aliphatic heterocycles. The third-order valence-corrected chi connectivity index (χ3v) is 2.83. The number of carbonyl (C=O) groups is 2. The van der Waals surface area contributed by atoms with Crippen molar-refractivity contribution in [3.63, 3.8) is 0 Å². The molecule has 2 aromatic rings. The van der Waals surface area contributed by atoms with E-state index in [0.29, 0.717) is 13.0 Å². The number of aromatic carboxylic acids is 1. The van der Waals surface area contributed by atoms with Crippen molar-refractivity contribution in [2.45, 2.75) is 6.42 Å². The number of carboxylic acids is 1. The van der Waals surface area contributed by atoms with Gasteiger partial charge in [-0.2, -0.15) is 0 Å². The van der Waals surface area contributed by atoms with Gasteiger partial charge in [0, 0.05) is 12.7 Å². The van der Waals surface area contributed by atoms with Crippen LogP contribution in [-0.4, -0.2) is 28.5 Å². The normalized spacial score (nSPS) is 10.1. The zero-order valence-corrected chi connectivity index (χ0v) is 11.0. The summed E-state index contributed by atoms with van der Waals surface area (Å²) in [6.45, 7) is 0.338. The highest BCUT2D eigenvalue weighted by atomic mass is 19.1. The fourth-order valence-corrected chi connectivity index (χ4v) is 1.76. The number of carbonyl (C=O) groups excluding carboxylic acids is 1. The topological polar surface area (TPSA) is 79.3 Å². The van der Waals surface area contributed by atoms with E-state index in [9.17, 15) is 14.0 Å². The number of nitrogens with zero attached hydrogens (tertiary/aromatic N) is 1. The van der Waals surface area contributed by atoms with Gasteiger partial charge in [-0.1, -0.05) is 12.1 Å². The Kier molecular flexibility index (Phi) is 4.61. The van der Waals surface area contributed by atoms with Crippen LogP contribution in [-0.2, 0) is 6.42 Å². The standard InChI is InChI=1S/C15H13FN2O3/c16-12-3-1-2-10(8-12)6-7-17-14(19)13-5-4-11(9-18-13)15(20)21/h1-5,8-9H,6-7H2,(H,17,19)(H,20,21). The minimum absolute atomic E-state index is 0.0197. The molecule has 0 spiro atoms. The highest BCUT2D eigenvalue weighted by molar-refractivity contribution is 5.93. The number of amides is 1. The van der Waals surface area contributed by atoms with E-state index < -0.39 is 11.9 Å². The van der Waals surface area contributed by atoms with Crippen LogP contribution in [0.1, 0.15) is 26.4 Å². The highest BCUT2D eigenvalue weighted by Gasteiger charge is 2.09. The number of rotatable bonds is 5. The lowest BCUT2D eigenvalue weighted by Crippen LogP contribution is -2.26. The van der Waals surface area contributed by atoms with Gasteiger partial charge in [0.15, 0.2) is 0 Å². The molecule has 0 saturated carbocycles. The van der Waals surface area contributed by atoms with Crippen LogP contribution in [0.15, 0.2) is 42.6 Å². The Morgan fingerprint density at radius 1 is 1.24 bits per heavy atom. The van der Waals surface area contributed by atoms with Gasteiger partial charge >= 0.3 is 5.97 Å². The first-order valence-corrected chi connectivity index (χ1v) is 6.28. The Bertz CT molecular complexity index is 656. The van der Waals surface area contributed by atoms with Crippen LogP contribution >= 0.6 is 0 Å². The molecule has 0 bridgehead atoms. The second kappa shape index (κ2) is 6.60. The van der Waals surface area contributed by atoms with Crippen molar-refractivity contribution in [3.8, 4) is 0 Å². The molecule has 2 N–H and O–H groups in total. The molecule has 0 unspecified atom stereocenters. The molecule has 0 aliphatic rings. The molecule has 0 fully saturated rings. The van der Waals surface area contributed by atoms with Gasteiger partial charge in [0.05, 0.1) is 5.56 Å². The van der Waals surface area contributed by atoms with E-state index in [1.165, 1.54) is 24.3 Å². The van der Waals surface area contributed by atoms with Crippen molar-refractivity contribution in [2.75, 3.05) is 6.54 Å². The van der Waals surface area contributed by atoms with Crippen LogP contribution in [0.4, 0.5) is 4.39 Å². The van der Waals surface area contributed by atoms with Crippen molar-refractivity contribution in [3.05, 3.63) is 65.2 Å². The van der Waals surface area contributed by atoms with Gasteiger partial charge < -0.3 is 10.4 Å². The van der Waals surface area contributed by atoms with E-state index in [0.717, 1.165) is 11.8 Å². The first-order valence-electron chi connectivity index (χ1n) is 6.28. The predicted molar refractivity (Wildman–Crippen MR) is 73.6 cm³/mol. The summed E-state index contributed by atoms with van der Waals surface area (Å²) in [6.07, 6.45) is 1.63. The van der Waals surface area contributed by atoms with E-state index in [-0.39, 0.29) is 17.1 Å². The van der Waals surface area contributed by atoms with Crippen molar-refractivity contribution in [1.82, 2.24) is 10.3 Å². The number of pyridine rings is 1. The molecule has 1 heterocycles. The SMILES string of the molecule is O=C(O)c1ccc(C(=O)NCCc2cccc(F)c2)nc1.